The number of benzene rings is 2. The van der Waals surface area contributed by atoms with Crippen molar-refractivity contribution in [1.29, 1.82) is 0 Å². The fraction of sp³-hybridized carbons (Fsp3) is 0.133. The summed E-state index contributed by atoms with van der Waals surface area (Å²) in [4.78, 5) is 11.2. The van der Waals surface area contributed by atoms with Gasteiger partial charge < -0.3 is 5.11 Å². The molecule has 1 amide bonds. The van der Waals surface area contributed by atoms with E-state index in [0.717, 1.165) is 9.87 Å². The molecule has 8 heteroatoms. The molecule has 0 bridgehead atoms. The maximum Gasteiger partial charge on any atom is 0.326 e. The quantitative estimate of drug-likeness (QED) is 0.885. The molecule has 0 unspecified atom stereocenters. The Bertz CT molecular complexity index is 883. The van der Waals surface area contributed by atoms with Gasteiger partial charge in [-0.1, -0.05) is 18.2 Å². The maximum atomic E-state index is 13.2. The number of amides is 1. The predicted molar refractivity (Wildman–Crippen MR) is 81.7 cm³/mol. The maximum absolute atomic E-state index is 13.2. The van der Waals surface area contributed by atoms with Gasteiger partial charge in [-0.3, -0.25) is 4.79 Å². The average Bonchev–Trinajstić information content (AvgIpc) is 2.72. The molecule has 1 heterocycles. The van der Waals surface area contributed by atoms with Crippen LogP contribution in [0, 0.1) is 5.82 Å². The highest BCUT2D eigenvalue weighted by molar-refractivity contribution is 7.92. The molecule has 1 aliphatic rings. The van der Waals surface area contributed by atoms with Gasteiger partial charge in [0.2, 0.25) is 0 Å². The van der Waals surface area contributed by atoms with Gasteiger partial charge in [-0.15, -0.1) is 0 Å². The average molecular weight is 336 g/mol. The van der Waals surface area contributed by atoms with Gasteiger partial charge in [0.05, 0.1) is 5.69 Å². The monoisotopic (exact) mass is 336 g/mol. The molecule has 1 fully saturated rings. The number of halogens is 1. The molecule has 23 heavy (non-hydrogen) atoms. The molecule has 0 aromatic heterocycles. The van der Waals surface area contributed by atoms with Crippen LogP contribution < -0.4 is 9.03 Å². The Kier molecular flexibility index (Phi) is 3.69. The first-order chi connectivity index (χ1) is 10.8. The van der Waals surface area contributed by atoms with Crippen LogP contribution in [0.5, 0.6) is 5.75 Å². The van der Waals surface area contributed by atoms with Gasteiger partial charge >= 0.3 is 10.2 Å². The lowest BCUT2D eigenvalue weighted by atomic mass is 10.0. The van der Waals surface area contributed by atoms with Gasteiger partial charge in [0, 0.05) is 0 Å². The van der Waals surface area contributed by atoms with E-state index in [1.807, 2.05) is 4.72 Å². The molecule has 0 radical (unpaired) electrons. The Labute approximate surface area is 132 Å². The zero-order chi connectivity index (χ0) is 16.6. The number of hydrogen-bond donors (Lipinski definition) is 2. The first-order valence-corrected chi connectivity index (χ1v) is 8.19. The summed E-state index contributed by atoms with van der Waals surface area (Å²) in [6.45, 7) is -0.376. The number of phenolic OH excluding ortho intramolecular Hbond substituents is 1. The minimum Gasteiger partial charge on any atom is -0.506 e. The van der Waals surface area contributed by atoms with E-state index in [0.29, 0.717) is 12.0 Å². The van der Waals surface area contributed by atoms with Gasteiger partial charge in [-0.25, -0.2) is 13.4 Å². The highest BCUT2D eigenvalue weighted by atomic mass is 32.2. The number of rotatable bonds is 3. The molecule has 0 aliphatic carbocycles. The van der Waals surface area contributed by atoms with E-state index in [2.05, 4.69) is 0 Å². The van der Waals surface area contributed by atoms with E-state index in [1.165, 1.54) is 24.3 Å². The smallest absolute Gasteiger partial charge is 0.326 e. The summed E-state index contributed by atoms with van der Waals surface area (Å²) in [5.74, 6) is -1.27. The van der Waals surface area contributed by atoms with Crippen molar-refractivity contribution in [2.24, 2.45) is 0 Å². The van der Waals surface area contributed by atoms with Crippen LogP contribution in [-0.2, 0) is 21.4 Å². The molecule has 6 nitrogen and oxygen atoms in total. The Morgan fingerprint density at radius 1 is 1.17 bits per heavy atom. The van der Waals surface area contributed by atoms with Crippen LogP contribution in [0.3, 0.4) is 0 Å². The number of aromatic hydroxyl groups is 1. The van der Waals surface area contributed by atoms with E-state index in [9.17, 15) is 22.7 Å². The third kappa shape index (κ3) is 3.11. The minimum absolute atomic E-state index is 0.0198. The molecule has 120 valence electrons. The van der Waals surface area contributed by atoms with Crippen LogP contribution in [0.1, 0.15) is 11.1 Å². The molecule has 2 aromatic carbocycles. The molecule has 0 spiro atoms. The SMILES string of the molecule is O=C1CN(c2ccc(Cc3cccc(F)c3)cc2O)S(=O)(=O)N1. The van der Waals surface area contributed by atoms with Crippen molar-refractivity contribution in [2.45, 2.75) is 6.42 Å². The van der Waals surface area contributed by atoms with Gasteiger partial charge in [-0.05, 0) is 41.8 Å². The third-order valence-electron chi connectivity index (χ3n) is 3.43. The fourth-order valence-electron chi connectivity index (χ4n) is 2.43. The number of carbonyl (C=O) groups excluding carboxylic acids is 1. The van der Waals surface area contributed by atoms with Crippen molar-refractivity contribution in [3.8, 4) is 5.75 Å². The minimum atomic E-state index is -3.96. The summed E-state index contributed by atoms with van der Waals surface area (Å²) in [5.41, 5.74) is 1.43. The van der Waals surface area contributed by atoms with Crippen molar-refractivity contribution in [3.63, 3.8) is 0 Å². The van der Waals surface area contributed by atoms with Crippen LogP contribution >= 0.6 is 0 Å². The second kappa shape index (κ2) is 5.54. The summed E-state index contributed by atoms with van der Waals surface area (Å²) in [6, 6.07) is 10.5. The summed E-state index contributed by atoms with van der Waals surface area (Å²) >= 11 is 0. The van der Waals surface area contributed by atoms with Crippen molar-refractivity contribution in [2.75, 3.05) is 10.8 Å². The Morgan fingerprint density at radius 2 is 1.91 bits per heavy atom. The van der Waals surface area contributed by atoms with Crippen LogP contribution in [-0.4, -0.2) is 26.0 Å². The summed E-state index contributed by atoms with van der Waals surface area (Å²) < 4.78 is 39.4. The number of nitrogens with one attached hydrogen (secondary N) is 1. The second-order valence-corrected chi connectivity index (χ2v) is 6.76. The van der Waals surface area contributed by atoms with E-state index in [4.69, 9.17) is 0 Å². The molecular formula is C15H13FN2O4S. The van der Waals surface area contributed by atoms with E-state index >= 15 is 0 Å². The van der Waals surface area contributed by atoms with E-state index in [-0.39, 0.29) is 23.8 Å². The molecule has 1 saturated heterocycles. The summed E-state index contributed by atoms with van der Waals surface area (Å²) in [7, 11) is -3.96. The molecule has 2 N–H and O–H groups in total. The van der Waals surface area contributed by atoms with E-state index in [1.54, 1.807) is 18.2 Å². The van der Waals surface area contributed by atoms with Crippen LogP contribution in [0.25, 0.3) is 0 Å². The molecule has 1 aliphatic heterocycles. The Balaban J connectivity index is 1.88. The van der Waals surface area contributed by atoms with Gasteiger partial charge in [0.1, 0.15) is 18.1 Å². The highest BCUT2D eigenvalue weighted by Crippen LogP contribution is 2.31. The first kappa shape index (κ1) is 15.3. The lowest BCUT2D eigenvalue weighted by Gasteiger charge is -2.16. The Morgan fingerprint density at radius 3 is 2.52 bits per heavy atom. The van der Waals surface area contributed by atoms with Crippen LogP contribution in [0.4, 0.5) is 10.1 Å². The number of phenols is 1. The van der Waals surface area contributed by atoms with E-state index < -0.39 is 16.1 Å². The number of anilines is 1. The van der Waals surface area contributed by atoms with Crippen molar-refractivity contribution in [3.05, 3.63) is 59.4 Å². The lowest BCUT2D eigenvalue weighted by Crippen LogP contribution is -2.29. The largest absolute Gasteiger partial charge is 0.506 e. The van der Waals surface area contributed by atoms with Gasteiger partial charge in [-0.2, -0.15) is 8.42 Å². The van der Waals surface area contributed by atoms with Crippen molar-refractivity contribution in [1.82, 2.24) is 4.72 Å². The lowest BCUT2D eigenvalue weighted by molar-refractivity contribution is -0.117. The number of nitrogens with zero attached hydrogens (tertiary/aromatic N) is 1. The topological polar surface area (TPSA) is 86.7 Å². The predicted octanol–water partition coefficient (Wildman–Crippen LogP) is 1.30. The zero-order valence-corrected chi connectivity index (χ0v) is 12.7. The van der Waals surface area contributed by atoms with Crippen molar-refractivity contribution >= 4 is 21.8 Å². The highest BCUT2D eigenvalue weighted by Gasteiger charge is 2.35. The molecule has 3 rings (SSSR count). The standard InChI is InChI=1S/C15H13FN2O4S/c16-12-3-1-2-10(7-12)6-11-4-5-13(14(19)8-11)18-9-15(20)17-23(18,21)22/h1-5,7-8,19H,6,9H2,(H,17,20). The molecular weight excluding hydrogens is 323 g/mol. The van der Waals surface area contributed by atoms with Crippen LogP contribution in [0.2, 0.25) is 0 Å². The zero-order valence-electron chi connectivity index (χ0n) is 11.9. The summed E-state index contributed by atoms with van der Waals surface area (Å²) in [6.07, 6.45) is 0.384. The van der Waals surface area contributed by atoms with Crippen LogP contribution in [0.15, 0.2) is 42.5 Å². The first-order valence-electron chi connectivity index (χ1n) is 6.75. The number of carbonyl (C=O) groups is 1. The normalized spacial score (nSPS) is 16.4. The third-order valence-corrected chi connectivity index (χ3v) is 4.82. The molecule has 0 atom stereocenters. The second-order valence-electron chi connectivity index (χ2n) is 5.17. The van der Waals surface area contributed by atoms with Crippen molar-refractivity contribution < 1.29 is 22.7 Å². The molecule has 2 aromatic rings. The number of hydrogen-bond acceptors (Lipinski definition) is 4. The van der Waals surface area contributed by atoms with Gasteiger partial charge in [0.25, 0.3) is 5.91 Å². The fourth-order valence-corrected chi connectivity index (χ4v) is 3.60. The van der Waals surface area contributed by atoms with Gasteiger partial charge in [0.15, 0.2) is 0 Å². The summed E-state index contributed by atoms with van der Waals surface area (Å²) in [5, 5.41) is 10.1. The Hall–Kier alpha value is -2.61. The molecule has 0 saturated carbocycles.